The smallest absolute Gasteiger partial charge is 0.136 e. The van der Waals surface area contributed by atoms with Crippen molar-refractivity contribution >= 4 is 5.78 Å². The van der Waals surface area contributed by atoms with Gasteiger partial charge in [0.2, 0.25) is 0 Å². The van der Waals surface area contributed by atoms with Crippen LogP contribution in [0.3, 0.4) is 0 Å². The molecular weight excluding hydrogens is 128 g/mol. The van der Waals surface area contributed by atoms with E-state index < -0.39 is 0 Å². The number of carbonyl (C=O) groups is 1. The third-order valence-electron chi connectivity index (χ3n) is 2.99. The van der Waals surface area contributed by atoms with Crippen LogP contribution >= 0.6 is 0 Å². The topological polar surface area (TPSA) is 37.3 Å². The molecule has 0 aromatic carbocycles. The number of fused-ring (bicyclic) bond motifs is 2. The van der Waals surface area contributed by atoms with E-state index in [2.05, 4.69) is 0 Å². The first-order valence-electron chi connectivity index (χ1n) is 3.95. The molecule has 2 saturated carbocycles. The summed E-state index contributed by atoms with van der Waals surface area (Å²) in [7, 11) is 0. The molecule has 3 unspecified atom stereocenters. The second-order valence-electron chi connectivity index (χ2n) is 3.54. The number of hydrogen-bond donors (Lipinski definition) is 1. The van der Waals surface area contributed by atoms with Crippen molar-refractivity contribution in [3.63, 3.8) is 0 Å². The minimum atomic E-state index is 0.286. The fourth-order valence-electron chi connectivity index (χ4n) is 2.37. The number of hydrogen-bond acceptors (Lipinski definition) is 2. The summed E-state index contributed by atoms with van der Waals surface area (Å²) in [5.74, 6) is 1.74. The zero-order valence-electron chi connectivity index (χ0n) is 5.92. The minimum absolute atomic E-state index is 0.286. The van der Waals surface area contributed by atoms with Gasteiger partial charge in [-0.2, -0.15) is 0 Å². The molecule has 2 bridgehead atoms. The molecule has 3 atom stereocenters. The lowest BCUT2D eigenvalue weighted by Gasteiger charge is -2.17. The van der Waals surface area contributed by atoms with E-state index in [4.69, 9.17) is 5.11 Å². The molecule has 2 heteroatoms. The maximum Gasteiger partial charge on any atom is 0.136 e. The number of carbonyl (C=O) groups excluding carboxylic acids is 1. The van der Waals surface area contributed by atoms with Crippen molar-refractivity contribution in [3.8, 4) is 0 Å². The molecule has 2 fully saturated rings. The highest BCUT2D eigenvalue weighted by Crippen LogP contribution is 2.45. The van der Waals surface area contributed by atoms with Gasteiger partial charge in [0.25, 0.3) is 0 Å². The monoisotopic (exact) mass is 140 g/mol. The summed E-state index contributed by atoms with van der Waals surface area (Å²) in [5, 5.41) is 8.86. The summed E-state index contributed by atoms with van der Waals surface area (Å²) in [6.45, 7) is 0.286. The van der Waals surface area contributed by atoms with Crippen LogP contribution in [-0.2, 0) is 4.79 Å². The molecule has 2 aliphatic rings. The number of rotatable bonds is 1. The Morgan fingerprint density at radius 1 is 1.50 bits per heavy atom. The van der Waals surface area contributed by atoms with Crippen molar-refractivity contribution in [3.05, 3.63) is 0 Å². The average Bonchev–Trinajstić information content (AvgIpc) is 2.44. The molecule has 0 radical (unpaired) electrons. The van der Waals surface area contributed by atoms with Gasteiger partial charge in [0, 0.05) is 18.9 Å². The van der Waals surface area contributed by atoms with Crippen molar-refractivity contribution in [1.82, 2.24) is 0 Å². The molecule has 2 nitrogen and oxygen atoms in total. The van der Waals surface area contributed by atoms with Crippen LogP contribution in [0.25, 0.3) is 0 Å². The van der Waals surface area contributed by atoms with Gasteiger partial charge in [-0.1, -0.05) is 0 Å². The molecule has 0 aliphatic heterocycles. The summed E-state index contributed by atoms with van der Waals surface area (Å²) in [5.41, 5.74) is 0. The summed E-state index contributed by atoms with van der Waals surface area (Å²) >= 11 is 0. The largest absolute Gasteiger partial charge is 0.396 e. The normalized spacial score (nSPS) is 44.9. The van der Waals surface area contributed by atoms with Crippen LogP contribution in [0.1, 0.15) is 19.3 Å². The highest BCUT2D eigenvalue weighted by molar-refractivity contribution is 5.84. The number of ketones is 1. The Hall–Kier alpha value is -0.370. The zero-order valence-corrected chi connectivity index (χ0v) is 5.92. The summed E-state index contributed by atoms with van der Waals surface area (Å²) in [4.78, 5) is 11.0. The molecule has 2 aliphatic carbocycles. The van der Waals surface area contributed by atoms with E-state index in [-0.39, 0.29) is 6.61 Å². The highest BCUT2D eigenvalue weighted by Gasteiger charge is 2.44. The van der Waals surface area contributed by atoms with E-state index in [1.165, 1.54) is 0 Å². The Bertz CT molecular complexity index is 165. The Morgan fingerprint density at radius 2 is 2.30 bits per heavy atom. The molecule has 10 heavy (non-hydrogen) atoms. The number of aliphatic hydroxyl groups excluding tert-OH is 1. The average molecular weight is 140 g/mol. The van der Waals surface area contributed by atoms with E-state index in [9.17, 15) is 4.79 Å². The van der Waals surface area contributed by atoms with Crippen LogP contribution in [0.5, 0.6) is 0 Å². The standard InChI is InChI=1S/C8H12O2/c9-4-7-2-6-1-5(7)3-8(6)10/h5-7,9H,1-4H2. The minimum Gasteiger partial charge on any atom is -0.396 e. The first kappa shape index (κ1) is 6.35. The Morgan fingerprint density at radius 3 is 2.70 bits per heavy atom. The van der Waals surface area contributed by atoms with Gasteiger partial charge in [-0.3, -0.25) is 4.79 Å². The van der Waals surface area contributed by atoms with Gasteiger partial charge in [0.15, 0.2) is 0 Å². The van der Waals surface area contributed by atoms with Crippen LogP contribution in [0.2, 0.25) is 0 Å². The fraction of sp³-hybridized carbons (Fsp3) is 0.875. The lowest BCUT2D eigenvalue weighted by molar-refractivity contribution is -0.122. The van der Waals surface area contributed by atoms with Crippen molar-refractivity contribution in [2.75, 3.05) is 6.61 Å². The summed E-state index contributed by atoms with van der Waals surface area (Å²) in [6, 6.07) is 0. The molecule has 0 spiro atoms. The van der Waals surface area contributed by atoms with Gasteiger partial charge in [-0.25, -0.2) is 0 Å². The predicted molar refractivity (Wildman–Crippen MR) is 36.4 cm³/mol. The van der Waals surface area contributed by atoms with E-state index in [0.29, 0.717) is 23.5 Å². The first-order valence-corrected chi connectivity index (χ1v) is 3.95. The maximum absolute atomic E-state index is 11.0. The second-order valence-corrected chi connectivity index (χ2v) is 3.54. The molecule has 1 N–H and O–H groups in total. The third kappa shape index (κ3) is 0.717. The van der Waals surface area contributed by atoms with Crippen molar-refractivity contribution in [1.29, 1.82) is 0 Å². The summed E-state index contributed by atoms with van der Waals surface area (Å²) in [6.07, 6.45) is 2.76. The Kier molecular flexibility index (Phi) is 1.31. The molecule has 0 aromatic heterocycles. The first-order chi connectivity index (χ1) is 4.81. The van der Waals surface area contributed by atoms with E-state index >= 15 is 0 Å². The van der Waals surface area contributed by atoms with Crippen LogP contribution < -0.4 is 0 Å². The fourth-order valence-corrected chi connectivity index (χ4v) is 2.37. The Balaban J connectivity index is 2.09. The molecular formula is C8H12O2. The van der Waals surface area contributed by atoms with Crippen LogP contribution in [0.4, 0.5) is 0 Å². The van der Waals surface area contributed by atoms with Crippen LogP contribution in [0, 0.1) is 17.8 Å². The van der Waals surface area contributed by atoms with E-state index in [1.54, 1.807) is 0 Å². The van der Waals surface area contributed by atoms with Gasteiger partial charge < -0.3 is 5.11 Å². The van der Waals surface area contributed by atoms with Gasteiger partial charge >= 0.3 is 0 Å². The molecule has 0 aromatic rings. The highest BCUT2D eigenvalue weighted by atomic mass is 16.3. The predicted octanol–water partition coefficient (Wildman–Crippen LogP) is 0.594. The lowest BCUT2D eigenvalue weighted by atomic mass is 9.89. The molecule has 2 rings (SSSR count). The molecule has 56 valence electrons. The number of Topliss-reactive ketones (excluding diaryl/α,β-unsaturated/α-hetero) is 1. The van der Waals surface area contributed by atoms with Crippen molar-refractivity contribution < 1.29 is 9.90 Å². The van der Waals surface area contributed by atoms with Crippen LogP contribution in [-0.4, -0.2) is 17.5 Å². The quantitative estimate of drug-likeness (QED) is 0.579. The lowest BCUT2D eigenvalue weighted by Crippen LogP contribution is -2.19. The molecule has 0 heterocycles. The SMILES string of the molecule is O=C1CC2CC1CC2CO. The van der Waals surface area contributed by atoms with Gasteiger partial charge in [-0.15, -0.1) is 0 Å². The molecule has 0 amide bonds. The van der Waals surface area contributed by atoms with Crippen molar-refractivity contribution in [2.24, 2.45) is 17.8 Å². The van der Waals surface area contributed by atoms with Gasteiger partial charge in [0.05, 0.1) is 0 Å². The Labute approximate surface area is 60.2 Å². The zero-order chi connectivity index (χ0) is 7.14. The van der Waals surface area contributed by atoms with E-state index in [0.717, 1.165) is 19.3 Å². The summed E-state index contributed by atoms with van der Waals surface area (Å²) < 4.78 is 0. The van der Waals surface area contributed by atoms with Crippen molar-refractivity contribution in [2.45, 2.75) is 19.3 Å². The van der Waals surface area contributed by atoms with Gasteiger partial charge in [0.1, 0.15) is 5.78 Å². The maximum atomic E-state index is 11.0. The second kappa shape index (κ2) is 2.06. The third-order valence-corrected chi connectivity index (χ3v) is 2.99. The van der Waals surface area contributed by atoms with Crippen LogP contribution in [0.15, 0.2) is 0 Å². The van der Waals surface area contributed by atoms with E-state index in [1.807, 2.05) is 0 Å². The number of aliphatic hydroxyl groups is 1. The molecule has 0 saturated heterocycles. The van der Waals surface area contributed by atoms with Gasteiger partial charge in [-0.05, 0) is 24.7 Å².